The molecule has 1 amide bonds. The van der Waals surface area contributed by atoms with Gasteiger partial charge in [0.1, 0.15) is 0 Å². The molecule has 2 aliphatic rings. The van der Waals surface area contributed by atoms with Gasteiger partial charge in [-0.3, -0.25) is 4.79 Å². The highest BCUT2D eigenvalue weighted by Gasteiger charge is 2.09. The van der Waals surface area contributed by atoms with Gasteiger partial charge in [-0.25, -0.2) is 0 Å². The Labute approximate surface area is 96.7 Å². The van der Waals surface area contributed by atoms with Gasteiger partial charge >= 0.3 is 0 Å². The van der Waals surface area contributed by atoms with E-state index in [1.165, 1.54) is 19.3 Å². The Hall–Kier alpha value is -1.51. The Morgan fingerprint density at radius 1 is 1.12 bits per heavy atom. The van der Waals surface area contributed by atoms with E-state index in [-0.39, 0.29) is 5.91 Å². The zero-order chi connectivity index (χ0) is 11.2. The zero-order valence-corrected chi connectivity index (χ0v) is 9.51. The van der Waals surface area contributed by atoms with Gasteiger partial charge in [-0.15, -0.1) is 0 Å². The van der Waals surface area contributed by atoms with Crippen LogP contribution in [0.4, 0.5) is 0 Å². The molecular formula is C13H18N2O. The minimum atomic E-state index is 0.0613. The predicted octanol–water partition coefficient (Wildman–Crippen LogP) is 1.90. The van der Waals surface area contributed by atoms with Crippen molar-refractivity contribution >= 4 is 5.91 Å². The maximum atomic E-state index is 11.8. The number of hydrogen-bond donors (Lipinski definition) is 0. The molecular weight excluding hydrogens is 200 g/mol. The fourth-order valence-electron chi connectivity index (χ4n) is 1.96. The van der Waals surface area contributed by atoms with Crippen LogP contribution in [0.5, 0.6) is 0 Å². The summed E-state index contributed by atoms with van der Waals surface area (Å²) in [6.07, 6.45) is 15.1. The molecule has 0 N–H and O–H groups in total. The van der Waals surface area contributed by atoms with Gasteiger partial charge in [0.05, 0.1) is 0 Å². The lowest BCUT2D eigenvalue weighted by molar-refractivity contribution is -0.123. The minimum Gasteiger partial charge on any atom is -0.377 e. The van der Waals surface area contributed by atoms with Gasteiger partial charge in [0.25, 0.3) is 5.91 Å². The normalized spacial score (nSPS) is 20.8. The van der Waals surface area contributed by atoms with Crippen molar-refractivity contribution < 1.29 is 4.79 Å². The Bertz CT molecular complexity index is 325. The lowest BCUT2D eigenvalue weighted by atomic mass is 10.1. The highest BCUT2D eigenvalue weighted by Crippen LogP contribution is 2.09. The number of hydrogen-bond acceptors (Lipinski definition) is 2. The molecule has 0 aromatic heterocycles. The molecule has 0 saturated carbocycles. The largest absolute Gasteiger partial charge is 0.377 e. The second-order valence-electron chi connectivity index (χ2n) is 4.17. The van der Waals surface area contributed by atoms with Crippen LogP contribution in [0.1, 0.15) is 19.3 Å². The first-order valence-electron chi connectivity index (χ1n) is 5.92. The fourth-order valence-corrected chi connectivity index (χ4v) is 1.96. The summed E-state index contributed by atoms with van der Waals surface area (Å²) in [5.41, 5.74) is 0. The average molecular weight is 218 g/mol. The number of piperidine rings is 1. The molecule has 0 atom stereocenters. The first kappa shape index (κ1) is 11.0. The summed E-state index contributed by atoms with van der Waals surface area (Å²) in [5, 5.41) is 0. The molecule has 2 rings (SSSR count). The van der Waals surface area contributed by atoms with E-state index >= 15 is 0 Å². The van der Waals surface area contributed by atoms with Gasteiger partial charge in [0.2, 0.25) is 0 Å². The fraction of sp³-hybridized carbons (Fsp3) is 0.462. The number of allylic oxidation sites excluding steroid dienone is 2. The lowest BCUT2D eigenvalue weighted by Crippen LogP contribution is -2.27. The topological polar surface area (TPSA) is 23.6 Å². The first-order chi connectivity index (χ1) is 7.86. The molecule has 0 radical (unpaired) electrons. The maximum Gasteiger partial charge on any atom is 0.252 e. The number of nitrogens with zero attached hydrogens (tertiary/aromatic N) is 2. The zero-order valence-electron chi connectivity index (χ0n) is 9.51. The molecule has 3 heteroatoms. The summed E-state index contributed by atoms with van der Waals surface area (Å²) in [6, 6.07) is 0. The smallest absolute Gasteiger partial charge is 0.252 e. The van der Waals surface area contributed by atoms with Gasteiger partial charge in [0.15, 0.2) is 0 Å². The van der Waals surface area contributed by atoms with Crippen LogP contribution in [0, 0.1) is 0 Å². The highest BCUT2D eigenvalue weighted by molar-refractivity contribution is 5.88. The number of rotatable bonds is 2. The first-order valence-corrected chi connectivity index (χ1v) is 5.92. The van der Waals surface area contributed by atoms with Crippen LogP contribution in [-0.4, -0.2) is 35.3 Å². The third-order valence-corrected chi connectivity index (χ3v) is 2.92. The van der Waals surface area contributed by atoms with Crippen LogP contribution in [0.2, 0.25) is 0 Å². The van der Waals surface area contributed by atoms with Crippen molar-refractivity contribution in [1.82, 2.24) is 9.80 Å². The molecule has 3 nitrogen and oxygen atoms in total. The van der Waals surface area contributed by atoms with Crippen molar-refractivity contribution in [2.45, 2.75) is 19.3 Å². The van der Waals surface area contributed by atoms with E-state index in [1.54, 1.807) is 11.0 Å². The molecule has 16 heavy (non-hydrogen) atoms. The molecule has 0 spiro atoms. The molecule has 0 aliphatic carbocycles. The van der Waals surface area contributed by atoms with Crippen LogP contribution in [0.3, 0.4) is 0 Å². The van der Waals surface area contributed by atoms with Gasteiger partial charge in [0, 0.05) is 38.1 Å². The average Bonchev–Trinajstić information content (AvgIpc) is 2.38. The van der Waals surface area contributed by atoms with Crippen molar-refractivity contribution in [3.63, 3.8) is 0 Å². The molecule has 1 saturated heterocycles. The number of likely N-dealkylation sites (tertiary alicyclic amines) is 1. The van der Waals surface area contributed by atoms with Crippen LogP contribution >= 0.6 is 0 Å². The van der Waals surface area contributed by atoms with E-state index in [1.807, 2.05) is 30.6 Å². The molecule has 86 valence electrons. The second-order valence-corrected chi connectivity index (χ2v) is 4.17. The lowest BCUT2D eigenvalue weighted by Gasteiger charge is -2.25. The summed E-state index contributed by atoms with van der Waals surface area (Å²) in [5.74, 6) is 0.0613. The third-order valence-electron chi connectivity index (χ3n) is 2.92. The monoisotopic (exact) mass is 218 g/mol. The van der Waals surface area contributed by atoms with Crippen molar-refractivity contribution in [3.8, 4) is 0 Å². The van der Waals surface area contributed by atoms with E-state index in [4.69, 9.17) is 0 Å². The van der Waals surface area contributed by atoms with Crippen LogP contribution < -0.4 is 0 Å². The molecule has 0 aromatic rings. The summed E-state index contributed by atoms with van der Waals surface area (Å²) < 4.78 is 0. The predicted molar refractivity (Wildman–Crippen MR) is 64.6 cm³/mol. The quantitative estimate of drug-likeness (QED) is 0.661. The van der Waals surface area contributed by atoms with E-state index in [2.05, 4.69) is 4.90 Å². The Balaban J connectivity index is 1.83. The number of amides is 1. The Morgan fingerprint density at radius 3 is 2.62 bits per heavy atom. The van der Waals surface area contributed by atoms with Gasteiger partial charge < -0.3 is 9.80 Å². The minimum absolute atomic E-state index is 0.0613. The van der Waals surface area contributed by atoms with Crippen molar-refractivity contribution in [2.75, 3.05) is 19.6 Å². The van der Waals surface area contributed by atoms with Crippen molar-refractivity contribution in [2.24, 2.45) is 0 Å². The van der Waals surface area contributed by atoms with Crippen molar-refractivity contribution in [3.05, 3.63) is 36.7 Å². The van der Waals surface area contributed by atoms with Crippen LogP contribution in [0.25, 0.3) is 0 Å². The standard InChI is InChI=1S/C13H18N2O/c16-13(15-10-5-2-6-11-15)7-12-14-8-3-1-4-9-14/h2,5-7,10,12H,1,3-4,8-9,11H2. The Morgan fingerprint density at radius 2 is 1.94 bits per heavy atom. The summed E-state index contributed by atoms with van der Waals surface area (Å²) in [7, 11) is 0. The SMILES string of the molecule is O=C(C=CN1CCCCC1)N1C=CC=CC1. The highest BCUT2D eigenvalue weighted by atomic mass is 16.2. The molecule has 2 heterocycles. The van der Waals surface area contributed by atoms with E-state index in [0.717, 1.165) is 13.1 Å². The van der Waals surface area contributed by atoms with E-state index in [9.17, 15) is 4.79 Å². The van der Waals surface area contributed by atoms with E-state index < -0.39 is 0 Å². The van der Waals surface area contributed by atoms with Gasteiger partial charge in [-0.1, -0.05) is 12.2 Å². The summed E-state index contributed by atoms with van der Waals surface area (Å²) in [4.78, 5) is 15.7. The molecule has 0 aromatic carbocycles. The van der Waals surface area contributed by atoms with Crippen molar-refractivity contribution in [1.29, 1.82) is 0 Å². The molecule has 2 aliphatic heterocycles. The molecule has 0 bridgehead atoms. The van der Waals surface area contributed by atoms with Crippen LogP contribution in [-0.2, 0) is 4.79 Å². The Kier molecular flexibility index (Phi) is 3.81. The van der Waals surface area contributed by atoms with E-state index in [0.29, 0.717) is 6.54 Å². The summed E-state index contributed by atoms with van der Waals surface area (Å²) >= 11 is 0. The summed E-state index contributed by atoms with van der Waals surface area (Å²) in [6.45, 7) is 2.85. The molecule has 0 unspecified atom stereocenters. The second kappa shape index (κ2) is 5.54. The number of carbonyl (C=O) groups excluding carboxylic acids is 1. The third kappa shape index (κ3) is 2.99. The number of carbonyl (C=O) groups is 1. The van der Waals surface area contributed by atoms with Gasteiger partial charge in [-0.05, 0) is 25.3 Å². The maximum absolute atomic E-state index is 11.8. The van der Waals surface area contributed by atoms with Gasteiger partial charge in [-0.2, -0.15) is 0 Å². The van der Waals surface area contributed by atoms with Crippen LogP contribution in [0.15, 0.2) is 36.7 Å². The molecule has 1 fully saturated rings.